The highest BCUT2D eigenvalue weighted by Crippen LogP contribution is 2.29. The third-order valence-electron chi connectivity index (χ3n) is 4.13. The number of hydrazone groups is 1. The van der Waals surface area contributed by atoms with Gasteiger partial charge in [-0.25, -0.2) is 5.43 Å². The van der Waals surface area contributed by atoms with E-state index in [9.17, 15) is 20.0 Å². The minimum atomic E-state index is -0.535. The molecule has 0 radical (unpaired) electrons. The summed E-state index contributed by atoms with van der Waals surface area (Å²) in [6, 6.07) is 14.4. The van der Waals surface area contributed by atoms with Crippen molar-refractivity contribution in [2.45, 2.75) is 6.61 Å². The molecule has 0 saturated carbocycles. The van der Waals surface area contributed by atoms with Crippen LogP contribution in [0, 0.1) is 17.3 Å². The molecule has 3 rings (SSSR count). The first-order valence-electron chi connectivity index (χ1n) is 8.91. The van der Waals surface area contributed by atoms with Crippen molar-refractivity contribution in [3.8, 4) is 11.5 Å². The summed E-state index contributed by atoms with van der Waals surface area (Å²) in [5.41, 5.74) is 4.09. The molecule has 0 aliphatic carbocycles. The molecule has 32 heavy (non-hydrogen) atoms. The number of nitro benzene ring substituents is 1. The average Bonchev–Trinajstić information content (AvgIpc) is 2.75. The van der Waals surface area contributed by atoms with Gasteiger partial charge in [-0.1, -0.05) is 15.9 Å². The molecule has 0 bridgehead atoms. The van der Waals surface area contributed by atoms with Crippen LogP contribution in [0.3, 0.4) is 0 Å². The lowest BCUT2D eigenvalue weighted by Crippen LogP contribution is -2.17. The molecule has 11 heteroatoms. The molecule has 0 saturated heterocycles. The number of rotatable bonds is 7. The SMILES string of the molecule is O=C(N/N=C\c1cc(I)c(OCc2ccc([N+](=O)[O-])cc2)c(I)c1)c1cc(Br)ccc1O. The molecule has 0 aliphatic rings. The number of aromatic hydroxyl groups is 1. The molecule has 1 amide bonds. The number of carbonyl (C=O) groups is 1. The summed E-state index contributed by atoms with van der Waals surface area (Å²) in [5, 5.41) is 24.5. The smallest absolute Gasteiger partial charge is 0.275 e. The van der Waals surface area contributed by atoms with Crippen LogP contribution in [0.25, 0.3) is 0 Å². The third kappa shape index (κ3) is 6.38. The van der Waals surface area contributed by atoms with Crippen molar-refractivity contribution < 1.29 is 19.6 Å². The van der Waals surface area contributed by atoms with Crippen LogP contribution in [0.5, 0.6) is 11.5 Å². The first kappa shape index (κ1) is 24.4. The average molecular weight is 722 g/mol. The van der Waals surface area contributed by atoms with Gasteiger partial charge in [-0.2, -0.15) is 5.10 Å². The number of amides is 1. The van der Waals surface area contributed by atoms with E-state index in [1.165, 1.54) is 30.5 Å². The van der Waals surface area contributed by atoms with E-state index in [2.05, 4.69) is 71.6 Å². The van der Waals surface area contributed by atoms with Gasteiger partial charge >= 0.3 is 0 Å². The van der Waals surface area contributed by atoms with Gasteiger partial charge < -0.3 is 9.84 Å². The Morgan fingerprint density at radius 3 is 2.44 bits per heavy atom. The summed E-state index contributed by atoms with van der Waals surface area (Å²) >= 11 is 7.55. The van der Waals surface area contributed by atoms with Crippen LogP contribution < -0.4 is 10.2 Å². The Bertz CT molecular complexity index is 1180. The third-order valence-corrected chi connectivity index (χ3v) is 6.23. The molecule has 0 aromatic heterocycles. The predicted molar refractivity (Wildman–Crippen MR) is 140 cm³/mol. The summed E-state index contributed by atoms with van der Waals surface area (Å²) in [4.78, 5) is 22.5. The van der Waals surface area contributed by atoms with Gasteiger partial charge in [-0.15, -0.1) is 0 Å². The Labute approximate surface area is 218 Å². The van der Waals surface area contributed by atoms with Gasteiger partial charge in [-0.3, -0.25) is 14.9 Å². The molecule has 0 fully saturated rings. The molecule has 3 aromatic rings. The van der Waals surface area contributed by atoms with E-state index in [1.54, 1.807) is 18.2 Å². The predicted octanol–water partition coefficient (Wildman–Crippen LogP) is 5.62. The van der Waals surface area contributed by atoms with Crippen LogP contribution >= 0.6 is 61.1 Å². The fourth-order valence-corrected chi connectivity index (χ4v) is 5.07. The number of phenolic OH excluding ortho intramolecular Hbond substituents is 1. The minimum absolute atomic E-state index is 0.0313. The number of benzene rings is 3. The van der Waals surface area contributed by atoms with E-state index in [1.807, 2.05) is 12.1 Å². The number of ether oxygens (including phenoxy) is 1. The van der Waals surface area contributed by atoms with Gasteiger partial charge in [0.15, 0.2) is 0 Å². The zero-order valence-electron chi connectivity index (χ0n) is 16.1. The second-order valence-electron chi connectivity index (χ2n) is 6.39. The Morgan fingerprint density at radius 2 is 1.81 bits per heavy atom. The van der Waals surface area contributed by atoms with Crippen molar-refractivity contribution in [1.29, 1.82) is 0 Å². The highest BCUT2D eigenvalue weighted by Gasteiger charge is 2.12. The van der Waals surface area contributed by atoms with Gasteiger partial charge in [-0.05, 0) is 98.8 Å². The summed E-state index contributed by atoms with van der Waals surface area (Å²) in [6.45, 7) is 0.267. The lowest BCUT2D eigenvalue weighted by Gasteiger charge is -2.11. The molecular weight excluding hydrogens is 708 g/mol. The van der Waals surface area contributed by atoms with Gasteiger partial charge in [0.05, 0.1) is 23.8 Å². The van der Waals surface area contributed by atoms with Crippen molar-refractivity contribution in [2.75, 3.05) is 0 Å². The number of nitrogens with one attached hydrogen (secondary N) is 1. The van der Waals surface area contributed by atoms with Crippen LogP contribution in [-0.4, -0.2) is 22.2 Å². The maximum Gasteiger partial charge on any atom is 0.275 e. The first-order chi connectivity index (χ1) is 15.2. The highest BCUT2D eigenvalue weighted by atomic mass is 127. The zero-order valence-corrected chi connectivity index (χ0v) is 22.0. The number of phenols is 1. The van der Waals surface area contributed by atoms with E-state index in [-0.39, 0.29) is 23.6 Å². The van der Waals surface area contributed by atoms with Crippen LogP contribution in [-0.2, 0) is 6.61 Å². The number of nitro groups is 1. The molecule has 2 N–H and O–H groups in total. The van der Waals surface area contributed by atoms with E-state index in [0.717, 1.165) is 18.3 Å². The quantitative estimate of drug-likeness (QED) is 0.143. The van der Waals surface area contributed by atoms with Crippen molar-refractivity contribution >= 4 is 78.9 Å². The fourth-order valence-electron chi connectivity index (χ4n) is 2.58. The van der Waals surface area contributed by atoms with Crippen LogP contribution in [0.15, 0.2) is 64.2 Å². The molecule has 0 spiro atoms. The van der Waals surface area contributed by atoms with E-state index >= 15 is 0 Å². The van der Waals surface area contributed by atoms with Crippen LogP contribution in [0.1, 0.15) is 21.5 Å². The van der Waals surface area contributed by atoms with Gasteiger partial charge in [0.2, 0.25) is 0 Å². The Kier molecular flexibility index (Phi) is 8.42. The van der Waals surface area contributed by atoms with E-state index < -0.39 is 10.8 Å². The molecule has 3 aromatic carbocycles. The molecule has 8 nitrogen and oxygen atoms in total. The van der Waals surface area contributed by atoms with Crippen molar-refractivity contribution in [1.82, 2.24) is 5.43 Å². The van der Waals surface area contributed by atoms with Gasteiger partial charge in [0.25, 0.3) is 11.6 Å². The standard InChI is InChI=1S/C21H14BrI2N3O5/c22-14-3-6-19(28)16(9-14)21(29)26-25-10-13-7-17(23)20(18(24)8-13)32-11-12-1-4-15(5-2-12)27(30)31/h1-10,28H,11H2,(H,26,29)/b25-10-. The maximum atomic E-state index is 12.2. The van der Waals surface area contributed by atoms with E-state index in [4.69, 9.17) is 4.74 Å². The van der Waals surface area contributed by atoms with Gasteiger partial charge in [0.1, 0.15) is 18.1 Å². The lowest BCUT2D eigenvalue weighted by molar-refractivity contribution is -0.384. The molecule has 0 aliphatic heterocycles. The summed E-state index contributed by atoms with van der Waals surface area (Å²) in [7, 11) is 0. The van der Waals surface area contributed by atoms with E-state index in [0.29, 0.717) is 10.2 Å². The Morgan fingerprint density at radius 1 is 1.16 bits per heavy atom. The number of non-ortho nitro benzene ring substituents is 1. The molecule has 0 atom stereocenters. The number of carbonyl (C=O) groups excluding carboxylic acids is 1. The fraction of sp³-hybridized carbons (Fsp3) is 0.0476. The largest absolute Gasteiger partial charge is 0.507 e. The monoisotopic (exact) mass is 721 g/mol. The van der Waals surface area contributed by atoms with Crippen molar-refractivity contribution in [3.63, 3.8) is 0 Å². The summed E-state index contributed by atoms with van der Waals surface area (Å²) in [6.07, 6.45) is 1.50. The second kappa shape index (κ2) is 11.0. The number of nitrogens with zero attached hydrogens (tertiary/aromatic N) is 2. The Balaban J connectivity index is 1.65. The number of hydrogen-bond donors (Lipinski definition) is 2. The molecule has 164 valence electrons. The Hall–Kier alpha value is -2.26. The highest BCUT2D eigenvalue weighted by molar-refractivity contribution is 14.1. The van der Waals surface area contributed by atoms with Gasteiger partial charge in [0, 0.05) is 16.6 Å². The van der Waals surface area contributed by atoms with Crippen LogP contribution in [0.2, 0.25) is 0 Å². The maximum absolute atomic E-state index is 12.2. The normalized spacial score (nSPS) is 10.8. The summed E-state index contributed by atoms with van der Waals surface area (Å²) in [5.74, 6) is 0.0109. The number of halogens is 3. The topological polar surface area (TPSA) is 114 Å². The second-order valence-corrected chi connectivity index (χ2v) is 9.63. The van der Waals surface area contributed by atoms with Crippen molar-refractivity contribution in [2.24, 2.45) is 5.10 Å². The van der Waals surface area contributed by atoms with Crippen LogP contribution in [0.4, 0.5) is 5.69 Å². The number of hydrogen-bond acceptors (Lipinski definition) is 6. The first-order valence-corrected chi connectivity index (χ1v) is 11.9. The molecular formula is C21H14BrI2N3O5. The minimum Gasteiger partial charge on any atom is -0.507 e. The lowest BCUT2D eigenvalue weighted by atomic mass is 10.2. The van der Waals surface area contributed by atoms with Crippen molar-refractivity contribution in [3.05, 3.63) is 93.0 Å². The molecule has 0 unspecified atom stereocenters. The zero-order chi connectivity index (χ0) is 23.3. The molecule has 0 heterocycles. The summed E-state index contributed by atoms with van der Waals surface area (Å²) < 4.78 is 8.25.